The fourth-order valence-electron chi connectivity index (χ4n) is 4.47. The minimum Gasteiger partial charge on any atom is -0.444 e. The fourth-order valence-corrected chi connectivity index (χ4v) is 4.47. The largest absolute Gasteiger partial charge is 0.444 e. The highest BCUT2D eigenvalue weighted by Gasteiger charge is 2.28. The van der Waals surface area contributed by atoms with Crippen molar-refractivity contribution >= 4 is 23.3 Å². The van der Waals surface area contributed by atoms with Crippen LogP contribution >= 0.6 is 0 Å². The average Bonchev–Trinajstić information content (AvgIpc) is 3.64. The number of oxazole rings is 1. The Hall–Kier alpha value is -4.72. The van der Waals surface area contributed by atoms with E-state index in [9.17, 15) is 22.8 Å². The summed E-state index contributed by atoms with van der Waals surface area (Å²) in [7, 11) is 1.99. The number of nitrogens with one attached hydrogen (secondary N) is 2. The number of alkyl halides is 3. The summed E-state index contributed by atoms with van der Waals surface area (Å²) >= 11 is 0. The van der Waals surface area contributed by atoms with Crippen molar-refractivity contribution in [2.24, 2.45) is 0 Å². The summed E-state index contributed by atoms with van der Waals surface area (Å²) in [4.78, 5) is 38.7. The number of pyridine rings is 1. The molecule has 43 heavy (non-hydrogen) atoms. The molecule has 0 bridgehead atoms. The first-order valence-electron chi connectivity index (χ1n) is 13.7. The van der Waals surface area contributed by atoms with Gasteiger partial charge in [0, 0.05) is 37.9 Å². The van der Waals surface area contributed by atoms with Crippen molar-refractivity contribution in [1.82, 2.24) is 29.5 Å². The van der Waals surface area contributed by atoms with Gasteiger partial charge >= 0.3 is 6.18 Å². The summed E-state index contributed by atoms with van der Waals surface area (Å²) in [5.74, 6) is -0.630. The number of anilines is 2. The number of hydrogen-bond acceptors (Lipinski definition) is 8. The minimum atomic E-state index is -4.41. The first-order chi connectivity index (χ1) is 20.5. The molecule has 0 radical (unpaired) electrons. The van der Waals surface area contributed by atoms with E-state index in [4.69, 9.17) is 4.42 Å². The Kier molecular flexibility index (Phi) is 8.48. The summed E-state index contributed by atoms with van der Waals surface area (Å²) in [5, 5.41) is 9.48. The van der Waals surface area contributed by atoms with Crippen molar-refractivity contribution in [2.45, 2.75) is 25.9 Å². The van der Waals surface area contributed by atoms with Gasteiger partial charge in [0.25, 0.3) is 11.8 Å². The molecular weight excluding hydrogens is 565 g/mol. The van der Waals surface area contributed by atoms with Crippen LogP contribution < -0.4 is 10.6 Å². The third-order valence-electron chi connectivity index (χ3n) is 6.99. The number of carbonyl (C=O) groups is 2. The van der Waals surface area contributed by atoms with Gasteiger partial charge in [-0.05, 0) is 42.8 Å². The molecule has 0 unspecified atom stereocenters. The highest BCUT2D eigenvalue weighted by atomic mass is 19.4. The minimum absolute atomic E-state index is 0.0114. The topological polar surface area (TPSA) is 121 Å². The van der Waals surface area contributed by atoms with Gasteiger partial charge in [0.05, 0.1) is 17.6 Å². The van der Waals surface area contributed by atoms with E-state index in [0.717, 1.165) is 24.9 Å². The van der Waals surface area contributed by atoms with Gasteiger partial charge in [-0.1, -0.05) is 26.0 Å². The number of rotatable bonds is 8. The Bertz CT molecular complexity index is 1590. The van der Waals surface area contributed by atoms with Crippen LogP contribution in [0.2, 0.25) is 0 Å². The summed E-state index contributed by atoms with van der Waals surface area (Å²) in [6.45, 7) is 5.42. The number of hydrogen-bond donors (Lipinski definition) is 2. The summed E-state index contributed by atoms with van der Waals surface area (Å²) in [6, 6.07) is 10.6. The second-order valence-electron chi connectivity index (χ2n) is 10.6. The van der Waals surface area contributed by atoms with Crippen molar-refractivity contribution in [3.63, 3.8) is 0 Å². The first-order valence-corrected chi connectivity index (χ1v) is 13.7. The molecule has 11 nitrogen and oxygen atoms in total. The molecule has 2 N–H and O–H groups in total. The van der Waals surface area contributed by atoms with E-state index in [-0.39, 0.29) is 34.7 Å². The zero-order chi connectivity index (χ0) is 30.7. The molecule has 0 atom stereocenters. The van der Waals surface area contributed by atoms with Crippen LogP contribution in [0.3, 0.4) is 0 Å². The number of benzene rings is 1. The molecule has 1 saturated heterocycles. The van der Waals surface area contributed by atoms with Gasteiger partial charge in [-0.15, -0.1) is 0 Å². The molecule has 4 aromatic rings. The summed E-state index contributed by atoms with van der Waals surface area (Å²) in [6.07, 6.45) is -0.406. The number of piperazine rings is 1. The second kappa shape index (κ2) is 12.3. The van der Waals surface area contributed by atoms with Crippen LogP contribution in [-0.2, 0) is 0 Å². The van der Waals surface area contributed by atoms with E-state index in [2.05, 4.69) is 44.4 Å². The molecule has 2 amide bonds. The molecule has 4 heterocycles. The van der Waals surface area contributed by atoms with Crippen molar-refractivity contribution in [1.29, 1.82) is 0 Å². The third-order valence-corrected chi connectivity index (χ3v) is 6.99. The lowest BCUT2D eigenvalue weighted by molar-refractivity contribution is -0.115. The summed E-state index contributed by atoms with van der Waals surface area (Å²) < 4.78 is 44.7. The predicted molar refractivity (Wildman–Crippen MR) is 153 cm³/mol. The first kappa shape index (κ1) is 29.8. The fraction of sp³-hybridized carbons (Fsp3) is 0.345. The molecule has 5 rings (SSSR count). The Morgan fingerprint density at radius 3 is 2.47 bits per heavy atom. The lowest BCUT2D eigenvalue weighted by Gasteiger charge is -2.32. The Balaban J connectivity index is 1.38. The molecule has 0 saturated carbocycles. The number of likely N-dealkylation sites (N-methyl/N-ethyl adjacent to an activating group) is 1. The molecule has 1 aliphatic heterocycles. The lowest BCUT2D eigenvalue weighted by atomic mass is 10.0. The smallest absolute Gasteiger partial charge is 0.405 e. The third kappa shape index (κ3) is 7.20. The van der Waals surface area contributed by atoms with Gasteiger partial charge in [-0.2, -0.15) is 18.3 Å². The van der Waals surface area contributed by atoms with E-state index in [1.807, 2.05) is 31.3 Å². The zero-order valence-corrected chi connectivity index (χ0v) is 23.9. The Morgan fingerprint density at radius 1 is 1.07 bits per heavy atom. The monoisotopic (exact) mass is 596 g/mol. The predicted octanol–water partition coefficient (Wildman–Crippen LogP) is 4.66. The van der Waals surface area contributed by atoms with Crippen LogP contribution in [0.25, 0.3) is 17.1 Å². The second-order valence-corrected chi connectivity index (χ2v) is 10.6. The summed E-state index contributed by atoms with van der Waals surface area (Å²) in [5.41, 5.74) is 2.38. The zero-order valence-electron chi connectivity index (χ0n) is 23.9. The van der Waals surface area contributed by atoms with Crippen molar-refractivity contribution < 1.29 is 27.2 Å². The Labute approximate surface area is 245 Å². The lowest BCUT2D eigenvalue weighted by Crippen LogP contribution is -2.47. The normalized spacial score (nSPS) is 14.3. The van der Waals surface area contributed by atoms with Crippen LogP contribution in [0.15, 0.2) is 59.5 Å². The van der Waals surface area contributed by atoms with Crippen LogP contribution in [0.5, 0.6) is 0 Å². The number of nitrogens with zero attached hydrogens (tertiary/aromatic N) is 6. The molecule has 1 aromatic carbocycles. The van der Waals surface area contributed by atoms with Gasteiger partial charge in [-0.3, -0.25) is 9.59 Å². The molecular formula is C29H31F3N8O3. The number of halogens is 3. The Morgan fingerprint density at radius 2 is 1.79 bits per heavy atom. The molecule has 1 aliphatic rings. The number of amides is 2. The number of carbonyl (C=O) groups excluding carboxylic acids is 2. The van der Waals surface area contributed by atoms with E-state index in [1.54, 1.807) is 15.8 Å². The number of aromatic nitrogens is 4. The molecule has 3 aromatic heterocycles. The van der Waals surface area contributed by atoms with Gasteiger partial charge < -0.3 is 24.9 Å². The molecule has 0 aliphatic carbocycles. The molecule has 0 spiro atoms. The molecule has 14 heteroatoms. The van der Waals surface area contributed by atoms with Crippen molar-refractivity contribution in [3.05, 3.63) is 72.0 Å². The van der Waals surface area contributed by atoms with E-state index < -0.39 is 18.6 Å². The van der Waals surface area contributed by atoms with E-state index >= 15 is 0 Å². The van der Waals surface area contributed by atoms with Crippen LogP contribution in [-0.4, -0.2) is 87.3 Å². The van der Waals surface area contributed by atoms with Crippen LogP contribution in [0.4, 0.5) is 24.7 Å². The SMILES string of the molecule is CC(C)c1ccc(-n2cc(NC(=O)c3coc(-c4ccnc(NCC(F)(F)F)c4)n3)c(C(=O)N3CCN(C)CC3)n2)cc1. The van der Waals surface area contributed by atoms with Gasteiger partial charge in [0.15, 0.2) is 11.4 Å². The van der Waals surface area contributed by atoms with Gasteiger partial charge in [0.2, 0.25) is 5.89 Å². The van der Waals surface area contributed by atoms with E-state index in [0.29, 0.717) is 30.3 Å². The average molecular weight is 597 g/mol. The maximum Gasteiger partial charge on any atom is 0.405 e. The van der Waals surface area contributed by atoms with Crippen molar-refractivity contribution in [2.75, 3.05) is 50.4 Å². The molecule has 1 fully saturated rings. The van der Waals surface area contributed by atoms with E-state index in [1.165, 1.54) is 18.3 Å². The van der Waals surface area contributed by atoms with Crippen LogP contribution in [0.1, 0.15) is 46.3 Å². The standard InChI is InChI=1S/C29H31F3N8O3/c1-18(2)19-4-6-21(7-5-19)40-15-22(25(37-40)28(42)39-12-10-38(3)11-13-39)35-26(41)23-16-43-27(36-23)20-8-9-33-24(14-20)34-17-29(30,31)32/h4-9,14-16,18H,10-13,17H2,1-3H3,(H,33,34)(H,35,41). The molecule has 226 valence electrons. The highest BCUT2D eigenvalue weighted by molar-refractivity contribution is 6.07. The highest BCUT2D eigenvalue weighted by Crippen LogP contribution is 2.25. The van der Waals surface area contributed by atoms with Crippen LogP contribution in [0, 0.1) is 0 Å². The maximum absolute atomic E-state index is 13.5. The van der Waals surface area contributed by atoms with Crippen molar-refractivity contribution in [3.8, 4) is 17.1 Å². The quantitative estimate of drug-likeness (QED) is 0.301. The van der Waals surface area contributed by atoms with Gasteiger partial charge in [-0.25, -0.2) is 14.6 Å². The van der Waals surface area contributed by atoms with Gasteiger partial charge in [0.1, 0.15) is 18.6 Å². The maximum atomic E-state index is 13.5.